The average molecular weight is 293 g/mol. The van der Waals surface area contributed by atoms with Gasteiger partial charge >= 0.3 is 5.69 Å². The Morgan fingerprint density at radius 1 is 1.33 bits per heavy atom. The van der Waals surface area contributed by atoms with Gasteiger partial charge in [-0.2, -0.15) is 4.39 Å². The molecule has 0 aliphatic carbocycles. The third kappa shape index (κ3) is 2.99. The molecule has 0 unspecified atom stereocenters. The summed E-state index contributed by atoms with van der Waals surface area (Å²) in [6.07, 6.45) is 1.51. The molecule has 2 aromatic rings. The Morgan fingerprint density at radius 3 is 2.67 bits per heavy atom. The molecule has 1 aromatic carbocycles. The molecule has 8 heteroatoms. The van der Waals surface area contributed by atoms with Gasteiger partial charge < -0.3 is 5.32 Å². The number of carbonyl (C=O) groups is 1. The van der Waals surface area contributed by atoms with Crippen molar-refractivity contribution in [2.24, 2.45) is 0 Å². The van der Waals surface area contributed by atoms with E-state index in [9.17, 15) is 23.7 Å². The van der Waals surface area contributed by atoms with Gasteiger partial charge in [-0.3, -0.25) is 19.9 Å². The highest BCUT2D eigenvalue weighted by Crippen LogP contribution is 2.22. The molecule has 0 fully saturated rings. The van der Waals surface area contributed by atoms with Crippen LogP contribution in [0.5, 0.6) is 0 Å². The maximum atomic E-state index is 13.7. The Balaban J connectivity index is 2.34. The van der Waals surface area contributed by atoms with E-state index in [1.807, 2.05) is 0 Å². The maximum absolute atomic E-state index is 13.7. The van der Waals surface area contributed by atoms with Gasteiger partial charge in [0.1, 0.15) is 5.82 Å². The molecule has 0 saturated heterocycles. The second-order valence-corrected chi connectivity index (χ2v) is 4.13. The number of aromatic nitrogens is 1. The first-order valence-electron chi connectivity index (χ1n) is 5.76. The number of aryl methyl sites for hydroxylation is 1. The fourth-order valence-corrected chi connectivity index (χ4v) is 1.66. The Morgan fingerprint density at radius 2 is 2.05 bits per heavy atom. The molecule has 108 valence electrons. The molecule has 0 aliphatic rings. The number of rotatable bonds is 3. The molecular formula is C13H9F2N3O3. The fraction of sp³-hybridized carbons (Fsp3) is 0.0769. The van der Waals surface area contributed by atoms with Crippen LogP contribution in [0, 0.1) is 28.7 Å². The van der Waals surface area contributed by atoms with Gasteiger partial charge in [0, 0.05) is 6.20 Å². The SMILES string of the molecule is Cc1ncccc1NC(=O)c1cc(F)c([N+](=O)[O-])cc1F. The highest BCUT2D eigenvalue weighted by atomic mass is 19.1. The molecule has 0 radical (unpaired) electrons. The van der Waals surface area contributed by atoms with Crippen molar-refractivity contribution < 1.29 is 18.5 Å². The van der Waals surface area contributed by atoms with Crippen molar-refractivity contribution in [3.05, 3.63) is 63.5 Å². The molecule has 1 aromatic heterocycles. The van der Waals surface area contributed by atoms with E-state index in [1.165, 1.54) is 6.20 Å². The molecule has 0 spiro atoms. The zero-order valence-corrected chi connectivity index (χ0v) is 10.8. The number of halogens is 2. The molecule has 21 heavy (non-hydrogen) atoms. The minimum Gasteiger partial charge on any atom is -0.320 e. The van der Waals surface area contributed by atoms with Crippen LogP contribution in [0.3, 0.4) is 0 Å². The lowest BCUT2D eigenvalue weighted by Crippen LogP contribution is -2.15. The summed E-state index contributed by atoms with van der Waals surface area (Å²) in [6.45, 7) is 1.63. The molecule has 0 saturated carbocycles. The number of amides is 1. The minimum absolute atomic E-state index is 0.334. The standard InChI is InChI=1S/C13H9F2N3O3/c1-7-11(3-2-4-16-7)17-13(19)8-5-10(15)12(18(20)21)6-9(8)14/h2-6H,1H3,(H,17,19). The predicted molar refractivity (Wildman–Crippen MR) is 69.9 cm³/mol. The van der Waals surface area contributed by atoms with E-state index in [-0.39, 0.29) is 0 Å². The van der Waals surface area contributed by atoms with E-state index in [1.54, 1.807) is 19.1 Å². The third-order valence-electron chi connectivity index (χ3n) is 2.73. The second-order valence-electron chi connectivity index (χ2n) is 4.13. The van der Waals surface area contributed by atoms with Gasteiger partial charge in [0.15, 0.2) is 0 Å². The van der Waals surface area contributed by atoms with Gasteiger partial charge in [0.05, 0.1) is 27.9 Å². The van der Waals surface area contributed by atoms with E-state index in [0.29, 0.717) is 23.5 Å². The number of hydrogen-bond donors (Lipinski definition) is 1. The van der Waals surface area contributed by atoms with Crippen molar-refractivity contribution in [1.82, 2.24) is 4.98 Å². The zero-order chi connectivity index (χ0) is 15.6. The van der Waals surface area contributed by atoms with Gasteiger partial charge in [-0.05, 0) is 25.1 Å². The number of pyridine rings is 1. The van der Waals surface area contributed by atoms with Crippen LogP contribution in [0.4, 0.5) is 20.2 Å². The summed E-state index contributed by atoms with van der Waals surface area (Å²) in [7, 11) is 0. The lowest BCUT2D eigenvalue weighted by molar-refractivity contribution is -0.387. The molecule has 1 N–H and O–H groups in total. The van der Waals surface area contributed by atoms with E-state index < -0.39 is 33.7 Å². The molecular weight excluding hydrogens is 284 g/mol. The van der Waals surface area contributed by atoms with E-state index in [4.69, 9.17) is 0 Å². The van der Waals surface area contributed by atoms with Gasteiger partial charge in [-0.1, -0.05) is 0 Å². The van der Waals surface area contributed by atoms with Gasteiger partial charge in [0.25, 0.3) is 5.91 Å². The Labute approximate surface area is 117 Å². The van der Waals surface area contributed by atoms with Crippen LogP contribution in [-0.4, -0.2) is 15.8 Å². The molecule has 0 aliphatic heterocycles. The highest BCUT2D eigenvalue weighted by Gasteiger charge is 2.22. The average Bonchev–Trinajstić information content (AvgIpc) is 2.43. The van der Waals surface area contributed by atoms with Crippen molar-refractivity contribution in [2.45, 2.75) is 6.92 Å². The van der Waals surface area contributed by atoms with Crippen molar-refractivity contribution in [1.29, 1.82) is 0 Å². The Bertz CT molecular complexity index is 735. The van der Waals surface area contributed by atoms with Crippen LogP contribution in [0.1, 0.15) is 16.1 Å². The van der Waals surface area contributed by atoms with Gasteiger partial charge in [-0.25, -0.2) is 4.39 Å². The number of carbonyl (C=O) groups excluding carboxylic acids is 1. The summed E-state index contributed by atoms with van der Waals surface area (Å²) in [5.74, 6) is -3.38. The largest absolute Gasteiger partial charge is 0.320 e. The first kappa shape index (κ1) is 14.5. The van der Waals surface area contributed by atoms with Crippen LogP contribution in [0.15, 0.2) is 30.5 Å². The summed E-state index contributed by atoms with van der Waals surface area (Å²) in [5.41, 5.74) is -0.822. The number of nitrogens with zero attached hydrogens (tertiary/aromatic N) is 2. The molecule has 0 bridgehead atoms. The monoisotopic (exact) mass is 293 g/mol. The quantitative estimate of drug-likeness (QED) is 0.696. The number of nitro benzene ring substituents is 1. The number of nitrogens with one attached hydrogen (secondary N) is 1. The highest BCUT2D eigenvalue weighted by molar-refractivity contribution is 6.04. The van der Waals surface area contributed by atoms with Crippen LogP contribution >= 0.6 is 0 Å². The number of hydrogen-bond acceptors (Lipinski definition) is 4. The minimum atomic E-state index is -1.28. The summed E-state index contributed by atoms with van der Waals surface area (Å²) in [5, 5.41) is 12.8. The van der Waals surface area contributed by atoms with E-state index in [2.05, 4.69) is 10.3 Å². The maximum Gasteiger partial charge on any atom is 0.307 e. The lowest BCUT2D eigenvalue weighted by Gasteiger charge is -2.08. The molecule has 1 heterocycles. The first-order chi connectivity index (χ1) is 9.90. The third-order valence-corrected chi connectivity index (χ3v) is 2.73. The van der Waals surface area contributed by atoms with Crippen molar-refractivity contribution in [3.8, 4) is 0 Å². The van der Waals surface area contributed by atoms with E-state index >= 15 is 0 Å². The van der Waals surface area contributed by atoms with Crippen molar-refractivity contribution >= 4 is 17.3 Å². The van der Waals surface area contributed by atoms with Crippen LogP contribution in [0.2, 0.25) is 0 Å². The lowest BCUT2D eigenvalue weighted by atomic mass is 10.1. The van der Waals surface area contributed by atoms with Crippen LogP contribution in [0.25, 0.3) is 0 Å². The smallest absolute Gasteiger partial charge is 0.307 e. The molecule has 0 atom stereocenters. The zero-order valence-electron chi connectivity index (χ0n) is 10.8. The van der Waals surface area contributed by atoms with Crippen LogP contribution < -0.4 is 5.32 Å². The Hall–Kier alpha value is -2.90. The molecule has 2 rings (SSSR count). The molecule has 6 nitrogen and oxygen atoms in total. The van der Waals surface area contributed by atoms with Crippen LogP contribution in [-0.2, 0) is 0 Å². The Kier molecular flexibility index (Phi) is 3.88. The molecule has 1 amide bonds. The summed E-state index contributed by atoms with van der Waals surface area (Å²) in [4.78, 5) is 25.3. The topological polar surface area (TPSA) is 85.1 Å². The summed E-state index contributed by atoms with van der Waals surface area (Å²) >= 11 is 0. The van der Waals surface area contributed by atoms with Crippen molar-refractivity contribution in [2.75, 3.05) is 5.32 Å². The van der Waals surface area contributed by atoms with Gasteiger partial charge in [-0.15, -0.1) is 0 Å². The van der Waals surface area contributed by atoms with Crippen molar-refractivity contribution in [3.63, 3.8) is 0 Å². The second kappa shape index (κ2) is 5.61. The summed E-state index contributed by atoms with van der Waals surface area (Å²) < 4.78 is 27.2. The summed E-state index contributed by atoms with van der Waals surface area (Å²) in [6, 6.07) is 3.98. The number of benzene rings is 1. The fourth-order valence-electron chi connectivity index (χ4n) is 1.66. The number of nitro groups is 1. The predicted octanol–water partition coefficient (Wildman–Crippen LogP) is 2.83. The first-order valence-corrected chi connectivity index (χ1v) is 5.76. The van der Waals surface area contributed by atoms with Gasteiger partial charge in [0.2, 0.25) is 5.82 Å². The number of anilines is 1. The van der Waals surface area contributed by atoms with E-state index in [0.717, 1.165) is 0 Å². The normalized spacial score (nSPS) is 10.2.